The lowest BCUT2D eigenvalue weighted by atomic mass is 9.94. The highest BCUT2D eigenvalue weighted by Gasteiger charge is 2.43. The fourth-order valence-corrected chi connectivity index (χ4v) is 4.49. The number of aliphatic hydroxyl groups is 1. The number of nitrogens with one attached hydrogen (secondary N) is 2. The Hall–Kier alpha value is -4.22. The number of ether oxygens (including phenoxy) is 1. The van der Waals surface area contributed by atoms with Gasteiger partial charge in [-0.25, -0.2) is 0 Å². The maximum Gasteiger partial charge on any atom is 0.390 e. The summed E-state index contributed by atoms with van der Waals surface area (Å²) in [6.07, 6.45) is -5.86. The Morgan fingerprint density at radius 1 is 0.927 bits per heavy atom. The van der Waals surface area contributed by atoms with E-state index in [0.29, 0.717) is 23.4 Å². The van der Waals surface area contributed by atoms with Crippen LogP contribution in [-0.4, -0.2) is 54.3 Å². The van der Waals surface area contributed by atoms with Crippen molar-refractivity contribution in [1.82, 2.24) is 10.6 Å². The first-order chi connectivity index (χ1) is 19.5. The van der Waals surface area contributed by atoms with Crippen LogP contribution in [0.3, 0.4) is 0 Å². The molecule has 0 saturated carbocycles. The lowest BCUT2D eigenvalue weighted by Crippen LogP contribution is -2.57. The average Bonchev–Trinajstić information content (AvgIpc) is 3.04. The van der Waals surface area contributed by atoms with Gasteiger partial charge in [-0.3, -0.25) is 14.4 Å². The smallest absolute Gasteiger partial charge is 0.375 e. The zero-order valence-electron chi connectivity index (χ0n) is 22.3. The monoisotopic (exact) mass is 569 g/mol. The molecule has 3 aromatic carbocycles. The van der Waals surface area contributed by atoms with Gasteiger partial charge in [-0.05, 0) is 29.7 Å². The van der Waals surface area contributed by atoms with Gasteiger partial charge in [0.2, 0.25) is 5.60 Å². The Morgan fingerprint density at radius 2 is 1.56 bits per heavy atom. The fraction of sp³-hybridized carbons (Fsp3) is 0.300. The largest absolute Gasteiger partial charge is 0.390 e. The van der Waals surface area contributed by atoms with E-state index >= 15 is 0 Å². The van der Waals surface area contributed by atoms with Gasteiger partial charge < -0.3 is 25.4 Å². The van der Waals surface area contributed by atoms with Gasteiger partial charge >= 0.3 is 6.18 Å². The quantitative estimate of drug-likeness (QED) is 0.254. The SMILES string of the molecule is CC(O)(C(=O)NCCC(F)(F)F)C(=O)N[C@@H]1C(=O)N(CCOCc2ccccc2)c2ccccc2-c2ccccc21. The Kier molecular flexibility index (Phi) is 9.09. The minimum Gasteiger partial charge on any atom is -0.375 e. The predicted octanol–water partition coefficient (Wildman–Crippen LogP) is 3.89. The van der Waals surface area contributed by atoms with E-state index in [4.69, 9.17) is 4.74 Å². The van der Waals surface area contributed by atoms with Crippen LogP contribution in [0, 0.1) is 0 Å². The van der Waals surface area contributed by atoms with Gasteiger partial charge in [0.05, 0.1) is 25.3 Å². The molecule has 8 nitrogen and oxygen atoms in total. The molecule has 0 fully saturated rings. The van der Waals surface area contributed by atoms with E-state index in [1.165, 1.54) is 4.90 Å². The van der Waals surface area contributed by atoms with Gasteiger partial charge in [0.25, 0.3) is 17.7 Å². The van der Waals surface area contributed by atoms with Crippen molar-refractivity contribution < 1.29 is 37.4 Å². The summed E-state index contributed by atoms with van der Waals surface area (Å²) in [5.74, 6) is -3.09. The second-order valence-corrected chi connectivity index (χ2v) is 9.73. The van der Waals surface area contributed by atoms with E-state index in [1.807, 2.05) is 47.8 Å². The van der Waals surface area contributed by atoms with Crippen LogP contribution in [0.2, 0.25) is 0 Å². The summed E-state index contributed by atoms with van der Waals surface area (Å²) >= 11 is 0. The number of carbonyl (C=O) groups is 3. The third-order valence-electron chi connectivity index (χ3n) is 6.69. The highest BCUT2D eigenvalue weighted by Crippen LogP contribution is 2.40. The van der Waals surface area contributed by atoms with Crippen molar-refractivity contribution in [2.75, 3.05) is 24.6 Å². The number of fused-ring (bicyclic) bond motifs is 3. The first kappa shape index (κ1) is 29.8. The Balaban J connectivity index is 1.57. The maximum absolute atomic E-state index is 14.0. The van der Waals surface area contributed by atoms with Crippen LogP contribution in [0.25, 0.3) is 11.1 Å². The normalized spacial score (nSPS) is 16.2. The van der Waals surface area contributed by atoms with Crippen molar-refractivity contribution in [1.29, 1.82) is 0 Å². The summed E-state index contributed by atoms with van der Waals surface area (Å²) in [7, 11) is 0. The van der Waals surface area contributed by atoms with Gasteiger partial charge in [-0.15, -0.1) is 0 Å². The molecule has 1 unspecified atom stereocenters. The topological polar surface area (TPSA) is 108 Å². The van der Waals surface area contributed by atoms with Crippen LogP contribution >= 0.6 is 0 Å². The van der Waals surface area contributed by atoms with Crippen LogP contribution in [-0.2, 0) is 25.7 Å². The minimum absolute atomic E-state index is 0.136. The molecule has 1 aliphatic rings. The highest BCUT2D eigenvalue weighted by molar-refractivity contribution is 6.11. The third-order valence-corrected chi connectivity index (χ3v) is 6.69. The second kappa shape index (κ2) is 12.5. The molecule has 0 bridgehead atoms. The average molecular weight is 570 g/mol. The van der Waals surface area contributed by atoms with Crippen LogP contribution < -0.4 is 15.5 Å². The van der Waals surface area contributed by atoms with E-state index in [-0.39, 0.29) is 13.2 Å². The molecule has 3 N–H and O–H groups in total. The number of rotatable bonds is 10. The second-order valence-electron chi connectivity index (χ2n) is 9.73. The van der Waals surface area contributed by atoms with Crippen molar-refractivity contribution >= 4 is 23.4 Å². The van der Waals surface area contributed by atoms with Crippen LogP contribution in [0.4, 0.5) is 18.9 Å². The molecule has 0 aromatic heterocycles. The number of alkyl halides is 3. The zero-order chi connectivity index (χ0) is 29.6. The minimum atomic E-state index is -4.53. The number of nitrogens with zero attached hydrogens (tertiary/aromatic N) is 1. The molecule has 1 heterocycles. The van der Waals surface area contributed by atoms with Crippen LogP contribution in [0.5, 0.6) is 0 Å². The molecule has 0 spiro atoms. The van der Waals surface area contributed by atoms with Gasteiger partial charge in [-0.2, -0.15) is 13.2 Å². The third kappa shape index (κ3) is 7.11. The number of hydrogen-bond donors (Lipinski definition) is 3. The number of carbonyl (C=O) groups excluding carboxylic acids is 3. The van der Waals surface area contributed by atoms with Crippen molar-refractivity contribution in [3.63, 3.8) is 0 Å². The number of amides is 3. The molecular weight excluding hydrogens is 539 g/mol. The van der Waals surface area contributed by atoms with E-state index in [0.717, 1.165) is 18.1 Å². The number of para-hydroxylation sites is 1. The summed E-state index contributed by atoms with van der Waals surface area (Å²) in [5.41, 5.74) is 0.616. The van der Waals surface area contributed by atoms with Gasteiger partial charge in [0.1, 0.15) is 6.04 Å². The van der Waals surface area contributed by atoms with E-state index in [9.17, 15) is 32.7 Å². The summed E-state index contributed by atoms with van der Waals surface area (Å²) < 4.78 is 43.3. The molecule has 4 rings (SSSR count). The molecule has 3 aromatic rings. The Labute approximate surface area is 235 Å². The molecule has 216 valence electrons. The number of benzene rings is 3. The molecule has 0 saturated heterocycles. The lowest BCUT2D eigenvalue weighted by molar-refractivity contribution is -0.154. The van der Waals surface area contributed by atoms with Gasteiger partial charge in [0, 0.05) is 18.7 Å². The highest BCUT2D eigenvalue weighted by atomic mass is 19.4. The van der Waals surface area contributed by atoms with E-state index < -0.39 is 48.5 Å². The molecule has 41 heavy (non-hydrogen) atoms. The first-order valence-electron chi connectivity index (χ1n) is 13.0. The molecule has 1 aliphatic heterocycles. The molecule has 0 aliphatic carbocycles. The summed E-state index contributed by atoms with van der Waals surface area (Å²) in [5, 5.41) is 15.1. The number of halogens is 3. The van der Waals surface area contributed by atoms with E-state index in [2.05, 4.69) is 5.32 Å². The number of anilines is 1. The van der Waals surface area contributed by atoms with Crippen LogP contribution in [0.1, 0.15) is 30.5 Å². The Bertz CT molecular complexity index is 1400. The number of hydrogen-bond acceptors (Lipinski definition) is 5. The van der Waals surface area contributed by atoms with Crippen molar-refractivity contribution in [2.45, 2.75) is 37.8 Å². The van der Waals surface area contributed by atoms with Crippen molar-refractivity contribution in [3.8, 4) is 11.1 Å². The molecule has 2 atom stereocenters. The summed E-state index contributed by atoms with van der Waals surface area (Å²) in [6, 6.07) is 22.3. The van der Waals surface area contributed by atoms with Crippen molar-refractivity contribution in [3.05, 3.63) is 90.0 Å². The molecule has 11 heteroatoms. The van der Waals surface area contributed by atoms with Gasteiger partial charge in [0.15, 0.2) is 0 Å². The molecular formula is C30H30F3N3O5. The van der Waals surface area contributed by atoms with Crippen molar-refractivity contribution in [2.24, 2.45) is 0 Å². The van der Waals surface area contributed by atoms with Gasteiger partial charge in [-0.1, -0.05) is 72.8 Å². The predicted molar refractivity (Wildman–Crippen MR) is 146 cm³/mol. The lowest BCUT2D eigenvalue weighted by Gasteiger charge is -2.29. The first-order valence-corrected chi connectivity index (χ1v) is 13.0. The molecule has 0 radical (unpaired) electrons. The summed E-state index contributed by atoms with van der Waals surface area (Å²) in [6.45, 7) is 0.686. The molecule has 3 amide bonds. The van der Waals surface area contributed by atoms with E-state index in [1.54, 1.807) is 36.4 Å². The van der Waals surface area contributed by atoms with Crippen LogP contribution in [0.15, 0.2) is 78.9 Å². The Morgan fingerprint density at radius 3 is 2.27 bits per heavy atom. The maximum atomic E-state index is 14.0. The fourth-order valence-electron chi connectivity index (χ4n) is 4.49. The summed E-state index contributed by atoms with van der Waals surface area (Å²) in [4.78, 5) is 41.1. The zero-order valence-corrected chi connectivity index (χ0v) is 22.3. The standard InChI is InChI=1S/C30H30F3N3O5/c1-29(40,27(38)34-16-15-30(31,32)33)28(39)35-25-23-13-6-5-11-21(23)22-12-7-8-14-24(22)36(26(25)37)17-18-41-19-20-9-3-2-4-10-20/h2-14,25,40H,15-19H2,1H3,(H,34,38)(H,35,39)/t25-,29?/m0/s1.